The van der Waals surface area contributed by atoms with Gasteiger partial charge in [0.05, 0.1) is 0 Å². The van der Waals surface area contributed by atoms with Gasteiger partial charge in [0.2, 0.25) is 4.96 Å². The Morgan fingerprint density at radius 1 is 1.28 bits per heavy atom. The summed E-state index contributed by atoms with van der Waals surface area (Å²) in [6, 6.07) is 8.18. The fraction of sp³-hybridized carbons (Fsp3) is 0.250. The quantitative estimate of drug-likeness (QED) is 0.725. The molecule has 0 aliphatic heterocycles. The molecular weight excluding hydrogens is 248 g/mol. The number of aromatic nitrogens is 4. The summed E-state index contributed by atoms with van der Waals surface area (Å²) in [5, 5.41) is 13.6. The molecule has 92 valence electrons. The summed E-state index contributed by atoms with van der Waals surface area (Å²) in [6.07, 6.45) is 0. The Morgan fingerprint density at radius 3 is 2.89 bits per heavy atom. The molecule has 0 spiro atoms. The van der Waals surface area contributed by atoms with Crippen molar-refractivity contribution >= 4 is 16.3 Å². The molecule has 0 N–H and O–H groups in total. The van der Waals surface area contributed by atoms with Crippen LogP contribution in [-0.4, -0.2) is 26.9 Å². The van der Waals surface area contributed by atoms with Crippen LogP contribution in [0, 0.1) is 6.92 Å². The second-order valence-electron chi connectivity index (χ2n) is 3.97. The van der Waals surface area contributed by atoms with Crippen LogP contribution in [0.25, 0.3) is 15.5 Å². The molecule has 0 bridgehead atoms. The summed E-state index contributed by atoms with van der Waals surface area (Å²) in [6.45, 7) is 2.49. The van der Waals surface area contributed by atoms with Crippen molar-refractivity contribution in [3.05, 3.63) is 35.7 Å². The number of rotatable bonds is 3. The number of hydrogen-bond acceptors (Lipinski definition) is 5. The summed E-state index contributed by atoms with van der Waals surface area (Å²) in [5.74, 6) is 0.726. The first-order valence-electron chi connectivity index (χ1n) is 5.55. The van der Waals surface area contributed by atoms with Crippen LogP contribution < -0.4 is 0 Å². The van der Waals surface area contributed by atoms with Crippen molar-refractivity contribution in [3.8, 4) is 10.6 Å². The molecule has 0 aliphatic rings. The van der Waals surface area contributed by atoms with Gasteiger partial charge in [-0.1, -0.05) is 35.6 Å². The minimum atomic E-state index is 0.415. The van der Waals surface area contributed by atoms with Crippen LogP contribution in [-0.2, 0) is 11.3 Å². The molecule has 3 aromatic rings. The number of hydrogen-bond donors (Lipinski definition) is 0. The molecule has 6 heteroatoms. The number of nitrogens with zero attached hydrogens (tertiary/aromatic N) is 4. The molecule has 1 aromatic carbocycles. The van der Waals surface area contributed by atoms with Crippen molar-refractivity contribution in [2.45, 2.75) is 13.5 Å². The molecule has 0 radical (unpaired) electrons. The number of methoxy groups -OCH3 is 1. The zero-order valence-electron chi connectivity index (χ0n) is 10.1. The van der Waals surface area contributed by atoms with Crippen molar-refractivity contribution in [3.63, 3.8) is 0 Å². The number of fused-ring (bicyclic) bond motifs is 1. The van der Waals surface area contributed by atoms with Crippen LogP contribution in [0.1, 0.15) is 11.4 Å². The molecule has 0 saturated heterocycles. The largest absolute Gasteiger partial charge is 0.377 e. The van der Waals surface area contributed by atoms with Crippen LogP contribution >= 0.6 is 11.3 Å². The molecular formula is C12H12N4OS. The van der Waals surface area contributed by atoms with Gasteiger partial charge >= 0.3 is 0 Å². The van der Waals surface area contributed by atoms with Gasteiger partial charge in [-0.15, -0.1) is 10.2 Å². The van der Waals surface area contributed by atoms with E-state index in [2.05, 4.69) is 34.4 Å². The normalized spacial score (nSPS) is 11.2. The average molecular weight is 260 g/mol. The third kappa shape index (κ3) is 1.79. The average Bonchev–Trinajstić information content (AvgIpc) is 2.92. The van der Waals surface area contributed by atoms with Gasteiger partial charge in [0.25, 0.3) is 0 Å². The van der Waals surface area contributed by atoms with E-state index in [-0.39, 0.29) is 0 Å². The minimum Gasteiger partial charge on any atom is -0.377 e. The fourth-order valence-corrected chi connectivity index (χ4v) is 2.75. The van der Waals surface area contributed by atoms with Gasteiger partial charge in [-0.2, -0.15) is 9.61 Å². The Kier molecular flexibility index (Phi) is 2.81. The maximum absolute atomic E-state index is 5.07. The van der Waals surface area contributed by atoms with Gasteiger partial charge in [-0.25, -0.2) is 0 Å². The molecule has 18 heavy (non-hydrogen) atoms. The summed E-state index contributed by atoms with van der Waals surface area (Å²) >= 11 is 1.53. The molecule has 0 saturated carbocycles. The Hall–Kier alpha value is -1.79. The SMILES string of the molecule is COCc1nnc2sc(-c3ccccc3C)nn12. The molecule has 3 rings (SSSR count). The lowest BCUT2D eigenvalue weighted by Crippen LogP contribution is -1.97. The molecule has 0 atom stereocenters. The topological polar surface area (TPSA) is 52.3 Å². The lowest BCUT2D eigenvalue weighted by molar-refractivity contribution is 0.176. The Bertz CT molecular complexity index is 688. The monoisotopic (exact) mass is 260 g/mol. The maximum Gasteiger partial charge on any atom is 0.235 e. The van der Waals surface area contributed by atoms with Crippen LogP contribution in [0.3, 0.4) is 0 Å². The number of aryl methyl sites for hydroxylation is 1. The van der Waals surface area contributed by atoms with Gasteiger partial charge in [0, 0.05) is 12.7 Å². The predicted molar refractivity (Wildman–Crippen MR) is 69.5 cm³/mol. The summed E-state index contributed by atoms with van der Waals surface area (Å²) < 4.78 is 6.82. The number of benzene rings is 1. The zero-order chi connectivity index (χ0) is 12.5. The second-order valence-corrected chi connectivity index (χ2v) is 4.92. The summed E-state index contributed by atoms with van der Waals surface area (Å²) in [4.78, 5) is 0.792. The molecule has 0 amide bonds. The van der Waals surface area contributed by atoms with Gasteiger partial charge in [0.1, 0.15) is 11.6 Å². The van der Waals surface area contributed by atoms with Crippen molar-refractivity contribution in [2.24, 2.45) is 0 Å². The van der Waals surface area contributed by atoms with E-state index in [0.717, 1.165) is 21.4 Å². The van der Waals surface area contributed by atoms with E-state index in [1.165, 1.54) is 16.9 Å². The second kappa shape index (κ2) is 4.47. The van der Waals surface area contributed by atoms with Crippen LogP contribution in [0.4, 0.5) is 0 Å². The highest BCUT2D eigenvalue weighted by Crippen LogP contribution is 2.27. The van der Waals surface area contributed by atoms with Crippen LogP contribution in [0.5, 0.6) is 0 Å². The van der Waals surface area contributed by atoms with E-state index in [1.807, 2.05) is 12.1 Å². The lowest BCUT2D eigenvalue weighted by atomic mass is 10.1. The zero-order valence-corrected chi connectivity index (χ0v) is 10.9. The Morgan fingerprint density at radius 2 is 2.11 bits per heavy atom. The third-order valence-corrected chi connectivity index (χ3v) is 3.64. The highest BCUT2D eigenvalue weighted by atomic mass is 32.1. The van der Waals surface area contributed by atoms with E-state index < -0.39 is 0 Å². The first kappa shape index (κ1) is 11.3. The van der Waals surface area contributed by atoms with Gasteiger partial charge in [-0.05, 0) is 12.5 Å². The van der Waals surface area contributed by atoms with Crippen molar-refractivity contribution in [2.75, 3.05) is 7.11 Å². The first-order valence-corrected chi connectivity index (χ1v) is 6.37. The van der Waals surface area contributed by atoms with E-state index in [9.17, 15) is 0 Å². The molecule has 0 aliphatic carbocycles. The van der Waals surface area contributed by atoms with Crippen molar-refractivity contribution < 1.29 is 4.74 Å². The van der Waals surface area contributed by atoms with E-state index >= 15 is 0 Å². The van der Waals surface area contributed by atoms with Gasteiger partial charge in [0.15, 0.2) is 5.82 Å². The Labute approximate surface area is 108 Å². The highest BCUT2D eigenvalue weighted by molar-refractivity contribution is 7.19. The molecule has 5 nitrogen and oxygen atoms in total. The third-order valence-electron chi connectivity index (χ3n) is 2.70. The van der Waals surface area contributed by atoms with Crippen LogP contribution in [0.2, 0.25) is 0 Å². The maximum atomic E-state index is 5.07. The smallest absolute Gasteiger partial charge is 0.235 e. The van der Waals surface area contributed by atoms with Crippen molar-refractivity contribution in [1.82, 2.24) is 19.8 Å². The fourth-order valence-electron chi connectivity index (χ4n) is 1.80. The standard InChI is InChI=1S/C12H12N4OS/c1-8-5-3-4-6-9(8)11-15-16-10(7-17-2)13-14-12(16)18-11/h3-6H,7H2,1-2H3. The first-order chi connectivity index (χ1) is 8.79. The van der Waals surface area contributed by atoms with Gasteiger partial charge < -0.3 is 4.74 Å². The molecule has 0 unspecified atom stereocenters. The predicted octanol–water partition coefficient (Wildman–Crippen LogP) is 2.31. The van der Waals surface area contributed by atoms with E-state index in [4.69, 9.17) is 4.74 Å². The summed E-state index contributed by atoms with van der Waals surface area (Å²) in [7, 11) is 1.63. The van der Waals surface area contributed by atoms with Gasteiger partial charge in [-0.3, -0.25) is 0 Å². The Balaban J connectivity index is 2.11. The highest BCUT2D eigenvalue weighted by Gasteiger charge is 2.13. The molecule has 2 heterocycles. The van der Waals surface area contributed by atoms with E-state index in [0.29, 0.717) is 6.61 Å². The summed E-state index contributed by atoms with van der Waals surface area (Å²) in [5.41, 5.74) is 2.34. The number of ether oxygens (including phenoxy) is 1. The molecule has 2 aromatic heterocycles. The van der Waals surface area contributed by atoms with Crippen molar-refractivity contribution in [1.29, 1.82) is 0 Å². The lowest BCUT2D eigenvalue weighted by Gasteiger charge is -1.99. The molecule has 0 fully saturated rings. The minimum absolute atomic E-state index is 0.415. The van der Waals surface area contributed by atoms with E-state index in [1.54, 1.807) is 11.6 Å². The van der Waals surface area contributed by atoms with Crippen LogP contribution in [0.15, 0.2) is 24.3 Å².